The Morgan fingerprint density at radius 2 is 1.85 bits per heavy atom. The van der Waals surface area contributed by atoms with E-state index in [1.54, 1.807) is 0 Å². The van der Waals surface area contributed by atoms with Crippen LogP contribution in [0.5, 0.6) is 0 Å². The standard InChI is InChI=1S/C17H22O2S/c18-17(14-10-15-6-7-16(11-14)20-15)8-9-19-12-13-4-2-1-3-5-13/h1-5,14-16H,6-12H2. The van der Waals surface area contributed by atoms with Gasteiger partial charge in [0.05, 0.1) is 13.2 Å². The van der Waals surface area contributed by atoms with E-state index in [0.717, 1.165) is 23.3 Å². The topological polar surface area (TPSA) is 26.3 Å². The lowest BCUT2D eigenvalue weighted by atomic mass is 9.93. The predicted molar refractivity (Wildman–Crippen MR) is 82.8 cm³/mol. The van der Waals surface area contributed by atoms with E-state index >= 15 is 0 Å². The number of benzene rings is 1. The number of thioether (sulfide) groups is 1. The molecule has 2 aliphatic rings. The average Bonchev–Trinajstić information content (AvgIpc) is 2.83. The van der Waals surface area contributed by atoms with Crippen molar-refractivity contribution in [1.82, 2.24) is 0 Å². The van der Waals surface area contributed by atoms with Crippen LogP contribution in [0.3, 0.4) is 0 Å². The monoisotopic (exact) mass is 290 g/mol. The Labute approximate surface area is 125 Å². The third kappa shape index (κ3) is 3.64. The van der Waals surface area contributed by atoms with Crippen LogP contribution in [0.25, 0.3) is 0 Å². The maximum Gasteiger partial charge on any atom is 0.138 e. The van der Waals surface area contributed by atoms with E-state index < -0.39 is 0 Å². The van der Waals surface area contributed by atoms with Gasteiger partial charge in [0.1, 0.15) is 5.78 Å². The Morgan fingerprint density at radius 1 is 1.15 bits per heavy atom. The molecule has 3 heteroatoms. The zero-order valence-corrected chi connectivity index (χ0v) is 12.6. The maximum atomic E-state index is 12.2. The molecule has 2 aliphatic heterocycles. The van der Waals surface area contributed by atoms with Crippen molar-refractivity contribution in [3.8, 4) is 0 Å². The van der Waals surface area contributed by atoms with Crippen LogP contribution in [0.1, 0.15) is 37.7 Å². The maximum absolute atomic E-state index is 12.2. The van der Waals surface area contributed by atoms with E-state index in [1.165, 1.54) is 18.4 Å². The van der Waals surface area contributed by atoms with E-state index in [9.17, 15) is 4.79 Å². The number of hydrogen-bond acceptors (Lipinski definition) is 3. The van der Waals surface area contributed by atoms with Gasteiger partial charge in [0, 0.05) is 22.8 Å². The van der Waals surface area contributed by atoms with Crippen LogP contribution >= 0.6 is 11.8 Å². The van der Waals surface area contributed by atoms with Crippen molar-refractivity contribution in [3.05, 3.63) is 35.9 Å². The molecule has 108 valence electrons. The van der Waals surface area contributed by atoms with E-state index in [0.29, 0.717) is 31.3 Å². The molecule has 2 saturated heterocycles. The lowest BCUT2D eigenvalue weighted by Gasteiger charge is -2.26. The first kappa shape index (κ1) is 14.2. The molecule has 2 bridgehead atoms. The summed E-state index contributed by atoms with van der Waals surface area (Å²) >= 11 is 2.12. The first-order valence-electron chi connectivity index (χ1n) is 7.61. The van der Waals surface area contributed by atoms with Gasteiger partial charge < -0.3 is 4.74 Å². The van der Waals surface area contributed by atoms with Crippen molar-refractivity contribution in [2.24, 2.45) is 5.92 Å². The molecule has 0 saturated carbocycles. The average molecular weight is 290 g/mol. The number of ketones is 1. The SMILES string of the molecule is O=C(CCOCc1ccccc1)C1CC2CCC(C1)S2. The molecule has 2 unspecified atom stereocenters. The minimum atomic E-state index is 0.314. The highest BCUT2D eigenvalue weighted by molar-refractivity contribution is 8.00. The number of carbonyl (C=O) groups excluding carboxylic acids is 1. The van der Waals surface area contributed by atoms with Gasteiger partial charge in [-0.3, -0.25) is 4.79 Å². The fraction of sp³-hybridized carbons (Fsp3) is 0.588. The summed E-state index contributed by atoms with van der Waals surface area (Å²) < 4.78 is 5.62. The highest BCUT2D eigenvalue weighted by Crippen LogP contribution is 2.46. The second kappa shape index (κ2) is 6.77. The smallest absolute Gasteiger partial charge is 0.138 e. The molecule has 0 spiro atoms. The third-order valence-corrected chi connectivity index (χ3v) is 5.98. The number of Topliss-reactive ketones (excluding diaryl/α,β-unsaturated/α-hetero) is 1. The Kier molecular flexibility index (Phi) is 4.79. The molecule has 0 radical (unpaired) electrons. The number of fused-ring (bicyclic) bond motifs is 2. The van der Waals surface area contributed by atoms with Gasteiger partial charge in [-0.05, 0) is 31.2 Å². The van der Waals surface area contributed by atoms with Gasteiger partial charge >= 0.3 is 0 Å². The third-order valence-electron chi connectivity index (χ3n) is 4.35. The highest BCUT2D eigenvalue weighted by atomic mass is 32.2. The molecule has 1 aromatic rings. The van der Waals surface area contributed by atoms with Crippen molar-refractivity contribution in [2.45, 2.75) is 49.2 Å². The van der Waals surface area contributed by atoms with Gasteiger partial charge in [0.15, 0.2) is 0 Å². The van der Waals surface area contributed by atoms with Crippen LogP contribution in [0.15, 0.2) is 30.3 Å². The molecule has 2 nitrogen and oxygen atoms in total. The number of ether oxygens (including phenoxy) is 1. The van der Waals surface area contributed by atoms with Crippen LogP contribution in [-0.4, -0.2) is 22.9 Å². The Morgan fingerprint density at radius 3 is 2.55 bits per heavy atom. The number of rotatable bonds is 6. The van der Waals surface area contributed by atoms with Gasteiger partial charge in [-0.1, -0.05) is 30.3 Å². The van der Waals surface area contributed by atoms with Crippen LogP contribution in [0.2, 0.25) is 0 Å². The molecule has 2 fully saturated rings. The molecular weight excluding hydrogens is 268 g/mol. The quantitative estimate of drug-likeness (QED) is 0.745. The highest BCUT2D eigenvalue weighted by Gasteiger charge is 2.37. The molecular formula is C17H22O2S. The second-order valence-electron chi connectivity index (χ2n) is 5.88. The Bertz CT molecular complexity index is 434. The van der Waals surface area contributed by atoms with Crippen LogP contribution in [0.4, 0.5) is 0 Å². The minimum Gasteiger partial charge on any atom is -0.376 e. The lowest BCUT2D eigenvalue weighted by molar-refractivity contribution is -0.124. The number of hydrogen-bond donors (Lipinski definition) is 0. The predicted octanol–water partition coefficient (Wildman–Crippen LogP) is 3.84. The van der Waals surface area contributed by atoms with Crippen molar-refractivity contribution in [2.75, 3.05) is 6.61 Å². The lowest BCUT2D eigenvalue weighted by Crippen LogP contribution is -2.25. The van der Waals surface area contributed by atoms with Crippen LogP contribution < -0.4 is 0 Å². The van der Waals surface area contributed by atoms with Crippen LogP contribution in [-0.2, 0) is 16.1 Å². The van der Waals surface area contributed by atoms with Crippen molar-refractivity contribution >= 4 is 17.5 Å². The van der Waals surface area contributed by atoms with Crippen LogP contribution in [0, 0.1) is 5.92 Å². The zero-order valence-electron chi connectivity index (χ0n) is 11.8. The summed E-state index contributed by atoms with van der Waals surface area (Å²) in [7, 11) is 0. The van der Waals surface area contributed by atoms with Crippen molar-refractivity contribution < 1.29 is 9.53 Å². The summed E-state index contributed by atoms with van der Waals surface area (Å²) in [5.74, 6) is 0.740. The Hall–Kier alpha value is -0.800. The van der Waals surface area contributed by atoms with E-state index in [4.69, 9.17) is 4.74 Å². The molecule has 0 N–H and O–H groups in total. The first-order chi connectivity index (χ1) is 9.81. The second-order valence-corrected chi connectivity index (χ2v) is 7.49. The summed E-state index contributed by atoms with van der Waals surface area (Å²) in [5, 5.41) is 1.51. The fourth-order valence-corrected chi connectivity index (χ4v) is 5.04. The van der Waals surface area contributed by atoms with Crippen molar-refractivity contribution in [1.29, 1.82) is 0 Å². The molecule has 20 heavy (non-hydrogen) atoms. The molecule has 3 rings (SSSR count). The van der Waals surface area contributed by atoms with Crippen molar-refractivity contribution in [3.63, 3.8) is 0 Å². The molecule has 2 atom stereocenters. The molecule has 0 amide bonds. The fourth-order valence-electron chi connectivity index (χ4n) is 3.26. The van der Waals surface area contributed by atoms with E-state index in [1.807, 2.05) is 18.2 Å². The van der Waals surface area contributed by atoms with Gasteiger partial charge in [0.25, 0.3) is 0 Å². The van der Waals surface area contributed by atoms with Gasteiger partial charge in [-0.25, -0.2) is 0 Å². The summed E-state index contributed by atoms with van der Waals surface area (Å²) in [6.07, 6.45) is 5.45. The normalized spacial score (nSPS) is 28.5. The number of carbonyl (C=O) groups is 1. The van der Waals surface area contributed by atoms with E-state index in [-0.39, 0.29) is 0 Å². The van der Waals surface area contributed by atoms with Gasteiger partial charge in [-0.15, -0.1) is 0 Å². The summed E-state index contributed by atoms with van der Waals surface area (Å²) in [6, 6.07) is 10.1. The summed E-state index contributed by atoms with van der Waals surface area (Å²) in [6.45, 7) is 1.17. The minimum absolute atomic E-state index is 0.314. The van der Waals surface area contributed by atoms with Gasteiger partial charge in [0.2, 0.25) is 0 Å². The summed E-state index contributed by atoms with van der Waals surface area (Å²) in [4.78, 5) is 12.2. The Balaban J connectivity index is 1.37. The van der Waals surface area contributed by atoms with E-state index in [2.05, 4.69) is 23.9 Å². The largest absolute Gasteiger partial charge is 0.376 e. The van der Waals surface area contributed by atoms with Gasteiger partial charge in [-0.2, -0.15) is 11.8 Å². The molecule has 2 heterocycles. The zero-order chi connectivity index (χ0) is 13.8. The molecule has 0 aromatic heterocycles. The molecule has 0 aliphatic carbocycles. The summed E-state index contributed by atoms with van der Waals surface area (Å²) in [5.41, 5.74) is 1.17. The molecule has 1 aromatic carbocycles. The first-order valence-corrected chi connectivity index (χ1v) is 8.55.